The Labute approximate surface area is 108 Å². The van der Waals surface area contributed by atoms with Crippen LogP contribution in [0.25, 0.3) is 0 Å². The van der Waals surface area contributed by atoms with Gasteiger partial charge in [-0.25, -0.2) is 9.78 Å². The third-order valence-electron chi connectivity index (χ3n) is 2.41. The second-order valence-corrected chi connectivity index (χ2v) is 4.06. The molecule has 0 amide bonds. The van der Waals surface area contributed by atoms with Gasteiger partial charge < -0.3 is 10.4 Å². The molecule has 0 aliphatic heterocycles. The minimum atomic E-state index is -1.04. The number of nitrogens with one attached hydrogen (secondary N) is 1. The van der Waals surface area contributed by atoms with E-state index in [-0.39, 0.29) is 10.7 Å². The Balaban J connectivity index is 2.14. The summed E-state index contributed by atoms with van der Waals surface area (Å²) < 4.78 is 1.72. The topological polar surface area (TPSA) is 80.0 Å². The van der Waals surface area contributed by atoms with Gasteiger partial charge in [0.15, 0.2) is 0 Å². The van der Waals surface area contributed by atoms with Crippen LogP contribution in [0, 0.1) is 0 Å². The lowest BCUT2D eigenvalue weighted by atomic mass is 10.2. The molecule has 0 fully saturated rings. The maximum atomic E-state index is 10.9. The van der Waals surface area contributed by atoms with Crippen LogP contribution in [0.15, 0.2) is 24.4 Å². The summed E-state index contributed by atoms with van der Waals surface area (Å²) >= 11 is 5.75. The molecule has 0 aliphatic carbocycles. The number of aromatic carboxylic acids is 1. The molecule has 2 aromatic heterocycles. The number of aromatic nitrogens is 3. The van der Waals surface area contributed by atoms with E-state index in [0.29, 0.717) is 12.4 Å². The summed E-state index contributed by atoms with van der Waals surface area (Å²) in [7, 11) is 1.82. The Hall–Kier alpha value is -2.08. The highest BCUT2D eigenvalue weighted by Gasteiger charge is 2.07. The summed E-state index contributed by atoms with van der Waals surface area (Å²) in [5, 5.41) is 16.1. The second kappa shape index (κ2) is 5.05. The molecule has 0 spiro atoms. The predicted molar refractivity (Wildman–Crippen MR) is 66.7 cm³/mol. The molecule has 2 heterocycles. The number of hydrogen-bond acceptors (Lipinski definition) is 4. The van der Waals surface area contributed by atoms with Crippen LogP contribution in [-0.4, -0.2) is 25.8 Å². The zero-order chi connectivity index (χ0) is 13.1. The Bertz CT molecular complexity index is 582. The molecule has 2 rings (SSSR count). The summed E-state index contributed by atoms with van der Waals surface area (Å²) in [5.41, 5.74) is 1.05. The van der Waals surface area contributed by atoms with Crippen LogP contribution in [0.1, 0.15) is 16.1 Å². The first-order valence-electron chi connectivity index (χ1n) is 5.18. The fourth-order valence-electron chi connectivity index (χ4n) is 1.47. The zero-order valence-corrected chi connectivity index (χ0v) is 10.3. The molecule has 0 radical (unpaired) electrons. The highest BCUT2D eigenvalue weighted by atomic mass is 35.5. The van der Waals surface area contributed by atoms with Gasteiger partial charge in [-0.15, -0.1) is 0 Å². The molecule has 0 aliphatic rings. The Morgan fingerprint density at radius 2 is 2.33 bits per heavy atom. The van der Waals surface area contributed by atoms with Crippen LogP contribution in [0.3, 0.4) is 0 Å². The van der Waals surface area contributed by atoms with E-state index in [1.54, 1.807) is 10.9 Å². The summed E-state index contributed by atoms with van der Waals surface area (Å²) in [4.78, 5) is 14.9. The summed E-state index contributed by atoms with van der Waals surface area (Å²) in [6.07, 6.45) is 1.69. The number of halogens is 1. The van der Waals surface area contributed by atoms with Crippen LogP contribution < -0.4 is 5.32 Å². The number of pyridine rings is 1. The maximum absolute atomic E-state index is 10.9. The van der Waals surface area contributed by atoms with E-state index in [9.17, 15) is 4.79 Å². The van der Waals surface area contributed by atoms with Crippen LogP contribution in [0.4, 0.5) is 5.82 Å². The van der Waals surface area contributed by atoms with Crippen molar-refractivity contribution >= 4 is 23.4 Å². The van der Waals surface area contributed by atoms with Gasteiger partial charge in [-0.2, -0.15) is 5.10 Å². The van der Waals surface area contributed by atoms with Crippen molar-refractivity contribution in [2.45, 2.75) is 6.54 Å². The molecular weight excluding hydrogens is 256 g/mol. The molecule has 94 valence electrons. The van der Waals surface area contributed by atoms with Crippen molar-refractivity contribution in [3.8, 4) is 0 Å². The monoisotopic (exact) mass is 266 g/mol. The van der Waals surface area contributed by atoms with Crippen molar-refractivity contribution in [1.82, 2.24) is 14.8 Å². The molecule has 0 unspecified atom stereocenters. The van der Waals surface area contributed by atoms with Crippen LogP contribution >= 0.6 is 11.6 Å². The minimum absolute atomic E-state index is 0.0995. The van der Waals surface area contributed by atoms with Crippen molar-refractivity contribution in [3.63, 3.8) is 0 Å². The zero-order valence-electron chi connectivity index (χ0n) is 9.59. The highest BCUT2D eigenvalue weighted by Crippen LogP contribution is 2.15. The van der Waals surface area contributed by atoms with Gasteiger partial charge in [-0.05, 0) is 18.2 Å². The number of hydrogen-bond donors (Lipinski definition) is 2. The molecule has 6 nitrogen and oxygen atoms in total. The fraction of sp³-hybridized carbons (Fsp3) is 0.182. The maximum Gasteiger partial charge on any atom is 0.335 e. The quantitative estimate of drug-likeness (QED) is 0.825. The van der Waals surface area contributed by atoms with E-state index in [0.717, 1.165) is 5.69 Å². The fourth-order valence-corrected chi connectivity index (χ4v) is 1.68. The largest absolute Gasteiger partial charge is 0.478 e. The summed E-state index contributed by atoms with van der Waals surface area (Å²) in [6, 6.07) is 4.60. The highest BCUT2D eigenvalue weighted by molar-refractivity contribution is 6.29. The Morgan fingerprint density at radius 1 is 1.56 bits per heavy atom. The third-order valence-corrected chi connectivity index (χ3v) is 2.61. The first kappa shape index (κ1) is 12.4. The van der Waals surface area contributed by atoms with E-state index in [2.05, 4.69) is 15.4 Å². The Kier molecular flexibility index (Phi) is 3.47. The normalized spacial score (nSPS) is 10.3. The molecule has 0 saturated heterocycles. The molecule has 0 bridgehead atoms. The van der Waals surface area contributed by atoms with E-state index < -0.39 is 5.97 Å². The van der Waals surface area contributed by atoms with Crippen molar-refractivity contribution < 1.29 is 9.90 Å². The molecule has 2 aromatic rings. The van der Waals surface area contributed by atoms with Crippen molar-refractivity contribution in [2.75, 3.05) is 5.32 Å². The number of carboxylic acids is 1. The average molecular weight is 267 g/mol. The van der Waals surface area contributed by atoms with Gasteiger partial charge in [0.05, 0.1) is 17.8 Å². The van der Waals surface area contributed by atoms with Crippen molar-refractivity contribution in [1.29, 1.82) is 0 Å². The molecule has 0 aromatic carbocycles. The van der Waals surface area contributed by atoms with Gasteiger partial charge in [0, 0.05) is 13.2 Å². The van der Waals surface area contributed by atoms with Crippen molar-refractivity contribution in [2.24, 2.45) is 7.05 Å². The number of carboxylic acid groups (broad SMARTS) is 1. The van der Waals surface area contributed by atoms with Crippen LogP contribution in [0.5, 0.6) is 0 Å². The lowest BCUT2D eigenvalue weighted by Crippen LogP contribution is -2.07. The molecular formula is C11H11ClN4O2. The first-order valence-corrected chi connectivity index (χ1v) is 5.55. The van der Waals surface area contributed by atoms with Gasteiger partial charge in [0.1, 0.15) is 11.0 Å². The average Bonchev–Trinajstić information content (AvgIpc) is 2.71. The van der Waals surface area contributed by atoms with Crippen LogP contribution in [-0.2, 0) is 13.6 Å². The molecule has 18 heavy (non-hydrogen) atoms. The van der Waals surface area contributed by atoms with Gasteiger partial charge in [0.2, 0.25) is 0 Å². The lowest BCUT2D eigenvalue weighted by Gasteiger charge is -2.07. The molecule has 2 N–H and O–H groups in total. The lowest BCUT2D eigenvalue weighted by molar-refractivity contribution is 0.0697. The molecule has 7 heteroatoms. The van der Waals surface area contributed by atoms with E-state index in [1.807, 2.05) is 13.1 Å². The standard InChI is InChI=1S/C11H11ClN4O2/c1-16-8(2-3-14-16)6-13-10-5-7(11(17)18)4-9(12)15-10/h2-5H,6H2,1H3,(H,13,15)(H,17,18). The molecule has 0 atom stereocenters. The van der Waals surface area contributed by atoms with E-state index in [1.165, 1.54) is 12.1 Å². The summed E-state index contributed by atoms with van der Waals surface area (Å²) in [6.45, 7) is 0.489. The van der Waals surface area contributed by atoms with Gasteiger partial charge in [-0.3, -0.25) is 4.68 Å². The van der Waals surface area contributed by atoms with Gasteiger partial charge in [0.25, 0.3) is 0 Å². The SMILES string of the molecule is Cn1nccc1CNc1cc(C(=O)O)cc(Cl)n1. The summed E-state index contributed by atoms with van der Waals surface area (Å²) in [5.74, 6) is -0.621. The smallest absolute Gasteiger partial charge is 0.335 e. The van der Waals surface area contributed by atoms with Crippen molar-refractivity contribution in [3.05, 3.63) is 40.8 Å². The van der Waals surface area contributed by atoms with E-state index in [4.69, 9.17) is 16.7 Å². The minimum Gasteiger partial charge on any atom is -0.478 e. The number of aryl methyl sites for hydroxylation is 1. The predicted octanol–water partition coefficient (Wildman–Crippen LogP) is 1.78. The third kappa shape index (κ3) is 2.78. The van der Waals surface area contributed by atoms with E-state index >= 15 is 0 Å². The number of nitrogens with zero attached hydrogens (tertiary/aromatic N) is 3. The number of anilines is 1. The second-order valence-electron chi connectivity index (χ2n) is 3.67. The van der Waals surface area contributed by atoms with Gasteiger partial charge in [-0.1, -0.05) is 11.6 Å². The first-order chi connectivity index (χ1) is 8.56. The molecule has 0 saturated carbocycles. The van der Waals surface area contributed by atoms with Crippen LogP contribution in [0.2, 0.25) is 5.15 Å². The number of carbonyl (C=O) groups is 1. The Morgan fingerprint density at radius 3 is 2.94 bits per heavy atom. The van der Waals surface area contributed by atoms with Gasteiger partial charge >= 0.3 is 5.97 Å². The number of rotatable bonds is 4.